The molecule has 5 nitrogen and oxygen atoms in total. The van der Waals surface area contributed by atoms with Crippen molar-refractivity contribution >= 4 is 33.4 Å². The van der Waals surface area contributed by atoms with Crippen LogP contribution in [-0.4, -0.2) is 25.5 Å². The summed E-state index contributed by atoms with van der Waals surface area (Å²) in [6, 6.07) is 12.4. The lowest BCUT2D eigenvalue weighted by molar-refractivity contribution is -0.119. The summed E-state index contributed by atoms with van der Waals surface area (Å²) in [7, 11) is 1.60. The Bertz CT molecular complexity index is 730. The van der Waals surface area contributed by atoms with Gasteiger partial charge < -0.3 is 15.4 Å². The Kier molecular flexibility index (Phi) is 6.37. The van der Waals surface area contributed by atoms with Crippen LogP contribution in [0.15, 0.2) is 46.9 Å². The Labute approximate surface area is 149 Å². The Hall–Kier alpha value is -2.34. The summed E-state index contributed by atoms with van der Waals surface area (Å²) in [5, 5.41) is 5.41. The first-order valence-electron chi connectivity index (χ1n) is 7.56. The van der Waals surface area contributed by atoms with Crippen molar-refractivity contribution in [3.05, 3.63) is 58.1 Å². The van der Waals surface area contributed by atoms with Crippen LogP contribution < -0.4 is 15.4 Å². The van der Waals surface area contributed by atoms with E-state index in [4.69, 9.17) is 4.74 Å². The molecular formula is C18H19BrN2O3. The predicted octanol–water partition coefficient (Wildman–Crippen LogP) is 3.39. The first kappa shape index (κ1) is 18.0. The van der Waals surface area contributed by atoms with Gasteiger partial charge in [-0.3, -0.25) is 9.59 Å². The monoisotopic (exact) mass is 390 g/mol. The average molecular weight is 391 g/mol. The van der Waals surface area contributed by atoms with E-state index in [2.05, 4.69) is 26.6 Å². The summed E-state index contributed by atoms with van der Waals surface area (Å²) in [5.74, 6) is 0.441. The summed E-state index contributed by atoms with van der Waals surface area (Å²) in [5.41, 5.74) is 2.08. The number of halogens is 1. The molecule has 2 aromatic carbocycles. The molecule has 24 heavy (non-hydrogen) atoms. The van der Waals surface area contributed by atoms with Crippen LogP contribution in [0, 0.1) is 0 Å². The first-order valence-corrected chi connectivity index (χ1v) is 8.36. The van der Waals surface area contributed by atoms with E-state index in [1.807, 2.05) is 19.1 Å². The fourth-order valence-electron chi connectivity index (χ4n) is 2.10. The molecule has 6 heteroatoms. The van der Waals surface area contributed by atoms with Crippen LogP contribution in [0.5, 0.6) is 5.75 Å². The highest BCUT2D eigenvalue weighted by Gasteiger charge is 2.10. The average Bonchev–Trinajstić information content (AvgIpc) is 2.58. The van der Waals surface area contributed by atoms with Gasteiger partial charge in [0.15, 0.2) is 0 Å². The van der Waals surface area contributed by atoms with Gasteiger partial charge in [0.05, 0.1) is 17.5 Å². The number of amides is 2. The van der Waals surface area contributed by atoms with Gasteiger partial charge in [-0.25, -0.2) is 0 Å². The quantitative estimate of drug-likeness (QED) is 0.794. The summed E-state index contributed by atoms with van der Waals surface area (Å²) >= 11 is 3.40. The highest BCUT2D eigenvalue weighted by Crippen LogP contribution is 2.26. The number of ether oxygens (including phenoxy) is 1. The predicted molar refractivity (Wildman–Crippen MR) is 97.5 cm³/mol. The largest absolute Gasteiger partial charge is 0.493 e. The smallest absolute Gasteiger partial charge is 0.255 e. The third kappa shape index (κ3) is 4.83. The third-order valence-corrected chi connectivity index (χ3v) is 3.97. The molecule has 2 aromatic rings. The minimum atomic E-state index is -0.210. The van der Waals surface area contributed by atoms with E-state index in [0.717, 1.165) is 10.0 Å². The maximum atomic E-state index is 12.3. The van der Waals surface area contributed by atoms with Crippen LogP contribution in [0.25, 0.3) is 0 Å². The lowest BCUT2D eigenvalue weighted by Crippen LogP contribution is -2.19. The minimum absolute atomic E-state index is 0.0500. The van der Waals surface area contributed by atoms with Crippen LogP contribution >= 0.6 is 15.9 Å². The van der Waals surface area contributed by atoms with E-state index in [1.165, 1.54) is 0 Å². The number of hydrogen-bond donors (Lipinski definition) is 2. The number of likely N-dealkylation sites (N-methyl/N-ethyl adjacent to an activating group) is 1. The highest BCUT2D eigenvalue weighted by molar-refractivity contribution is 9.10. The van der Waals surface area contributed by atoms with Crippen LogP contribution in [-0.2, 0) is 11.2 Å². The van der Waals surface area contributed by atoms with Gasteiger partial charge in [0, 0.05) is 18.3 Å². The van der Waals surface area contributed by atoms with Crippen molar-refractivity contribution in [2.45, 2.75) is 13.3 Å². The second-order valence-corrected chi connectivity index (χ2v) is 5.93. The van der Waals surface area contributed by atoms with Gasteiger partial charge in [0.1, 0.15) is 5.75 Å². The van der Waals surface area contributed by atoms with Crippen molar-refractivity contribution in [3.63, 3.8) is 0 Å². The van der Waals surface area contributed by atoms with Crippen LogP contribution in [0.4, 0.5) is 5.69 Å². The molecule has 0 aliphatic rings. The number of anilines is 1. The lowest BCUT2D eigenvalue weighted by Gasteiger charge is -2.09. The zero-order valence-corrected chi connectivity index (χ0v) is 15.1. The van der Waals surface area contributed by atoms with Crippen molar-refractivity contribution in [2.24, 2.45) is 0 Å². The van der Waals surface area contributed by atoms with E-state index < -0.39 is 0 Å². The summed E-state index contributed by atoms with van der Waals surface area (Å²) in [6.07, 6.45) is 0.316. The maximum absolute atomic E-state index is 12.3. The molecule has 0 aliphatic carbocycles. The first-order chi connectivity index (χ1) is 11.5. The van der Waals surface area contributed by atoms with Gasteiger partial charge in [-0.05, 0) is 58.7 Å². The minimum Gasteiger partial charge on any atom is -0.493 e. The fourth-order valence-corrected chi connectivity index (χ4v) is 2.59. The number of rotatable bonds is 6. The molecule has 0 unspecified atom stereocenters. The van der Waals surface area contributed by atoms with Gasteiger partial charge in [-0.15, -0.1) is 0 Å². The third-order valence-electron chi connectivity index (χ3n) is 3.35. The molecule has 0 fully saturated rings. The summed E-state index contributed by atoms with van der Waals surface area (Å²) in [4.78, 5) is 23.6. The van der Waals surface area contributed by atoms with E-state index in [0.29, 0.717) is 30.0 Å². The van der Waals surface area contributed by atoms with Crippen LogP contribution in [0.1, 0.15) is 22.8 Å². The van der Waals surface area contributed by atoms with E-state index in [1.54, 1.807) is 37.4 Å². The Morgan fingerprint density at radius 2 is 1.83 bits per heavy atom. The van der Waals surface area contributed by atoms with E-state index >= 15 is 0 Å². The molecule has 0 saturated carbocycles. The topological polar surface area (TPSA) is 67.4 Å². The molecule has 0 bridgehead atoms. The SMILES string of the molecule is CCOc1ccc(C(=O)Nc2ccc(CC(=O)NC)cc2)cc1Br. The Morgan fingerprint density at radius 3 is 2.42 bits per heavy atom. The number of nitrogens with one attached hydrogen (secondary N) is 2. The second-order valence-electron chi connectivity index (χ2n) is 5.08. The van der Waals surface area contributed by atoms with Gasteiger partial charge in [-0.1, -0.05) is 12.1 Å². The summed E-state index contributed by atoms with van der Waals surface area (Å²) in [6.45, 7) is 2.47. The number of hydrogen-bond acceptors (Lipinski definition) is 3. The molecule has 0 aromatic heterocycles. The van der Waals surface area contributed by atoms with Crippen molar-refractivity contribution in [1.82, 2.24) is 5.32 Å². The van der Waals surface area contributed by atoms with Gasteiger partial charge in [-0.2, -0.15) is 0 Å². The highest BCUT2D eigenvalue weighted by atomic mass is 79.9. The van der Waals surface area contributed by atoms with Crippen molar-refractivity contribution in [3.8, 4) is 5.75 Å². The van der Waals surface area contributed by atoms with Crippen molar-refractivity contribution < 1.29 is 14.3 Å². The van der Waals surface area contributed by atoms with E-state index in [-0.39, 0.29) is 11.8 Å². The molecule has 2 N–H and O–H groups in total. The molecule has 2 rings (SSSR count). The Balaban J connectivity index is 2.04. The Morgan fingerprint density at radius 1 is 1.12 bits per heavy atom. The van der Waals surface area contributed by atoms with Gasteiger partial charge >= 0.3 is 0 Å². The zero-order chi connectivity index (χ0) is 17.5. The molecule has 0 heterocycles. The van der Waals surface area contributed by atoms with Crippen LogP contribution in [0.3, 0.4) is 0 Å². The fraction of sp³-hybridized carbons (Fsp3) is 0.222. The van der Waals surface area contributed by atoms with Gasteiger partial charge in [0.2, 0.25) is 5.91 Å². The van der Waals surface area contributed by atoms with Gasteiger partial charge in [0.25, 0.3) is 5.91 Å². The number of carbonyl (C=O) groups is 2. The molecular weight excluding hydrogens is 372 g/mol. The number of carbonyl (C=O) groups excluding carboxylic acids is 2. The molecule has 0 atom stereocenters. The molecule has 0 spiro atoms. The van der Waals surface area contributed by atoms with E-state index in [9.17, 15) is 9.59 Å². The molecule has 0 saturated heterocycles. The zero-order valence-electron chi connectivity index (χ0n) is 13.6. The normalized spacial score (nSPS) is 10.1. The van der Waals surface area contributed by atoms with Crippen molar-refractivity contribution in [1.29, 1.82) is 0 Å². The summed E-state index contributed by atoms with van der Waals surface area (Å²) < 4.78 is 6.17. The standard InChI is InChI=1S/C18H19BrN2O3/c1-3-24-16-9-6-13(11-15(16)19)18(23)21-14-7-4-12(5-8-14)10-17(22)20-2/h4-9,11H,3,10H2,1-2H3,(H,20,22)(H,21,23). The lowest BCUT2D eigenvalue weighted by atomic mass is 10.1. The second kappa shape index (κ2) is 8.49. The maximum Gasteiger partial charge on any atom is 0.255 e. The molecule has 0 radical (unpaired) electrons. The van der Waals surface area contributed by atoms with Crippen LogP contribution in [0.2, 0.25) is 0 Å². The molecule has 0 aliphatic heterocycles. The van der Waals surface area contributed by atoms with Crippen molar-refractivity contribution in [2.75, 3.05) is 19.0 Å². The molecule has 2 amide bonds. The number of benzene rings is 2. The molecule has 126 valence electrons.